The van der Waals surface area contributed by atoms with Gasteiger partial charge < -0.3 is 20.6 Å². The Kier molecular flexibility index (Phi) is 9.89. The van der Waals surface area contributed by atoms with Gasteiger partial charge in [-0.15, -0.1) is 0 Å². The van der Waals surface area contributed by atoms with E-state index in [0.717, 1.165) is 22.4 Å². The summed E-state index contributed by atoms with van der Waals surface area (Å²) >= 11 is 0. The van der Waals surface area contributed by atoms with E-state index in [1.54, 1.807) is 19.1 Å². The van der Waals surface area contributed by atoms with E-state index in [4.69, 9.17) is 0 Å². The highest BCUT2D eigenvalue weighted by Crippen LogP contribution is 2.21. The fourth-order valence-electron chi connectivity index (χ4n) is 2.89. The SMILES string of the molecule is CCN(CC)CC.Cc1ccc(NC(=O)Nc2c(C)cccc2C)c(C(=O)O)c1. The number of carbonyl (C=O) groups is 2. The zero-order valence-electron chi connectivity index (χ0n) is 18.3. The normalized spacial score (nSPS) is 10.2. The van der Waals surface area contributed by atoms with Crippen molar-refractivity contribution >= 4 is 23.4 Å². The summed E-state index contributed by atoms with van der Waals surface area (Å²) in [6, 6.07) is 10.1. The summed E-state index contributed by atoms with van der Waals surface area (Å²) < 4.78 is 0. The molecule has 0 saturated heterocycles. The average molecular weight is 400 g/mol. The molecule has 0 aliphatic heterocycles. The van der Waals surface area contributed by atoms with Crippen LogP contribution in [0.15, 0.2) is 36.4 Å². The number of hydrogen-bond acceptors (Lipinski definition) is 3. The van der Waals surface area contributed by atoms with E-state index in [1.165, 1.54) is 25.7 Å². The van der Waals surface area contributed by atoms with Crippen LogP contribution in [0.1, 0.15) is 47.8 Å². The number of carbonyl (C=O) groups excluding carboxylic acids is 1. The molecule has 158 valence electrons. The van der Waals surface area contributed by atoms with Crippen molar-refractivity contribution in [3.8, 4) is 0 Å². The van der Waals surface area contributed by atoms with Gasteiger partial charge in [0, 0.05) is 5.69 Å². The third-order valence-electron chi connectivity index (χ3n) is 4.71. The monoisotopic (exact) mass is 399 g/mol. The van der Waals surface area contributed by atoms with Crippen molar-refractivity contribution in [1.29, 1.82) is 0 Å². The molecule has 0 unspecified atom stereocenters. The Labute approximate surface area is 173 Å². The molecule has 0 fully saturated rings. The van der Waals surface area contributed by atoms with Gasteiger partial charge >= 0.3 is 12.0 Å². The number of para-hydroxylation sites is 1. The Morgan fingerprint density at radius 1 is 0.897 bits per heavy atom. The number of amides is 2. The van der Waals surface area contributed by atoms with Crippen LogP contribution < -0.4 is 10.6 Å². The van der Waals surface area contributed by atoms with Crippen LogP contribution in [-0.2, 0) is 0 Å². The Morgan fingerprint density at radius 3 is 1.90 bits per heavy atom. The fraction of sp³-hybridized carbons (Fsp3) is 0.391. The molecule has 0 aromatic heterocycles. The molecule has 0 aliphatic rings. The Morgan fingerprint density at radius 2 is 1.45 bits per heavy atom. The molecule has 0 bridgehead atoms. The number of rotatable bonds is 6. The second-order valence-corrected chi connectivity index (χ2v) is 6.82. The van der Waals surface area contributed by atoms with Crippen molar-refractivity contribution < 1.29 is 14.7 Å². The molecule has 0 radical (unpaired) electrons. The van der Waals surface area contributed by atoms with Crippen molar-refractivity contribution in [3.05, 3.63) is 58.7 Å². The third-order valence-corrected chi connectivity index (χ3v) is 4.71. The molecule has 0 aliphatic carbocycles. The Balaban J connectivity index is 0.000000516. The van der Waals surface area contributed by atoms with E-state index in [0.29, 0.717) is 0 Å². The van der Waals surface area contributed by atoms with Crippen molar-refractivity contribution in [2.45, 2.75) is 41.5 Å². The van der Waals surface area contributed by atoms with Crippen LogP contribution in [0.3, 0.4) is 0 Å². The molecule has 0 spiro atoms. The number of benzene rings is 2. The summed E-state index contributed by atoms with van der Waals surface area (Å²) in [5, 5.41) is 14.6. The molecule has 2 aromatic carbocycles. The second-order valence-electron chi connectivity index (χ2n) is 6.82. The van der Waals surface area contributed by atoms with Gasteiger partial charge in [-0.2, -0.15) is 0 Å². The molecule has 0 heterocycles. The van der Waals surface area contributed by atoms with Crippen molar-refractivity contribution in [3.63, 3.8) is 0 Å². The molecular formula is C23H33N3O3. The first-order valence-corrected chi connectivity index (χ1v) is 9.93. The lowest BCUT2D eigenvalue weighted by molar-refractivity contribution is 0.0698. The quantitative estimate of drug-likeness (QED) is 0.615. The van der Waals surface area contributed by atoms with Gasteiger partial charge in [-0.1, -0.05) is 50.6 Å². The van der Waals surface area contributed by atoms with Gasteiger partial charge in [0.25, 0.3) is 0 Å². The number of aryl methyl sites for hydroxylation is 3. The first-order valence-electron chi connectivity index (χ1n) is 9.93. The number of carboxylic acids is 1. The van der Waals surface area contributed by atoms with Crippen LogP contribution in [0, 0.1) is 20.8 Å². The van der Waals surface area contributed by atoms with Crippen molar-refractivity contribution in [2.24, 2.45) is 0 Å². The molecular weight excluding hydrogens is 366 g/mol. The minimum atomic E-state index is -1.08. The zero-order chi connectivity index (χ0) is 22.0. The van der Waals surface area contributed by atoms with Crippen LogP contribution in [0.2, 0.25) is 0 Å². The number of urea groups is 1. The highest BCUT2D eigenvalue weighted by molar-refractivity contribution is 6.05. The van der Waals surface area contributed by atoms with E-state index in [9.17, 15) is 14.7 Å². The van der Waals surface area contributed by atoms with Gasteiger partial charge in [-0.3, -0.25) is 0 Å². The second kappa shape index (κ2) is 11.9. The van der Waals surface area contributed by atoms with Crippen molar-refractivity contribution in [1.82, 2.24) is 4.90 Å². The number of anilines is 2. The molecule has 6 nitrogen and oxygen atoms in total. The van der Waals surface area contributed by atoms with Crippen LogP contribution in [0.5, 0.6) is 0 Å². The molecule has 6 heteroatoms. The molecule has 2 amide bonds. The van der Waals surface area contributed by atoms with E-state index in [-0.39, 0.29) is 11.3 Å². The van der Waals surface area contributed by atoms with Gasteiger partial charge in [0.05, 0.1) is 11.3 Å². The van der Waals surface area contributed by atoms with Crippen LogP contribution in [-0.4, -0.2) is 41.6 Å². The first kappa shape index (κ1) is 24.2. The van der Waals surface area contributed by atoms with Gasteiger partial charge in [-0.25, -0.2) is 9.59 Å². The van der Waals surface area contributed by atoms with Gasteiger partial charge in [0.15, 0.2) is 0 Å². The van der Waals surface area contributed by atoms with Gasteiger partial charge in [-0.05, 0) is 63.7 Å². The molecule has 2 rings (SSSR count). The number of nitrogens with one attached hydrogen (secondary N) is 2. The maximum Gasteiger partial charge on any atom is 0.337 e. The summed E-state index contributed by atoms with van der Waals surface area (Å²) in [6.07, 6.45) is 0. The highest BCUT2D eigenvalue weighted by atomic mass is 16.4. The number of carboxylic acid groups (broad SMARTS) is 1. The molecule has 3 N–H and O–H groups in total. The van der Waals surface area contributed by atoms with E-state index in [2.05, 4.69) is 36.3 Å². The third kappa shape index (κ3) is 7.58. The van der Waals surface area contributed by atoms with Gasteiger partial charge in [0.2, 0.25) is 0 Å². The highest BCUT2D eigenvalue weighted by Gasteiger charge is 2.13. The van der Waals surface area contributed by atoms with E-state index < -0.39 is 12.0 Å². The maximum atomic E-state index is 12.1. The van der Waals surface area contributed by atoms with Crippen LogP contribution in [0.25, 0.3) is 0 Å². The summed E-state index contributed by atoms with van der Waals surface area (Å²) in [6.45, 7) is 15.7. The largest absolute Gasteiger partial charge is 0.478 e. The van der Waals surface area contributed by atoms with Gasteiger partial charge in [0.1, 0.15) is 0 Å². The number of nitrogens with zero attached hydrogens (tertiary/aromatic N) is 1. The smallest absolute Gasteiger partial charge is 0.337 e. The molecule has 0 atom stereocenters. The Hall–Kier alpha value is -2.86. The topological polar surface area (TPSA) is 81.7 Å². The average Bonchev–Trinajstić information content (AvgIpc) is 2.68. The standard InChI is InChI=1S/C17H18N2O3.C6H15N/c1-10-7-8-14(13(9-10)16(20)21)18-17(22)19-15-11(2)5-4-6-12(15)3;1-4-7(5-2)6-3/h4-9H,1-3H3,(H,20,21)(H2,18,19,22);4-6H2,1-3H3. The van der Waals surface area contributed by atoms with E-state index in [1.807, 2.05) is 32.0 Å². The van der Waals surface area contributed by atoms with E-state index >= 15 is 0 Å². The summed E-state index contributed by atoms with van der Waals surface area (Å²) in [4.78, 5) is 25.8. The zero-order valence-corrected chi connectivity index (χ0v) is 18.3. The predicted molar refractivity (Wildman–Crippen MR) is 120 cm³/mol. The fourth-order valence-corrected chi connectivity index (χ4v) is 2.89. The van der Waals surface area contributed by atoms with Crippen LogP contribution in [0.4, 0.5) is 16.2 Å². The number of hydrogen-bond donors (Lipinski definition) is 3. The summed E-state index contributed by atoms with van der Waals surface area (Å²) in [7, 11) is 0. The lowest BCUT2D eigenvalue weighted by Gasteiger charge is -2.13. The van der Waals surface area contributed by atoms with Crippen LogP contribution >= 0.6 is 0 Å². The summed E-state index contributed by atoms with van der Waals surface area (Å²) in [5.41, 5.74) is 3.76. The Bertz CT molecular complexity index is 804. The molecule has 2 aromatic rings. The predicted octanol–water partition coefficient (Wildman–Crippen LogP) is 5.30. The summed E-state index contributed by atoms with van der Waals surface area (Å²) in [5.74, 6) is -1.08. The lowest BCUT2D eigenvalue weighted by atomic mass is 10.1. The molecule has 29 heavy (non-hydrogen) atoms. The minimum absolute atomic E-state index is 0.0663. The molecule has 0 saturated carbocycles. The maximum absolute atomic E-state index is 12.1. The lowest BCUT2D eigenvalue weighted by Crippen LogP contribution is -2.22. The first-order chi connectivity index (χ1) is 13.7. The van der Waals surface area contributed by atoms with Crippen molar-refractivity contribution in [2.75, 3.05) is 30.3 Å². The number of aromatic carboxylic acids is 1. The minimum Gasteiger partial charge on any atom is -0.478 e.